The number of nitro groups is 1. The van der Waals surface area contributed by atoms with Gasteiger partial charge in [-0.05, 0) is 50.2 Å². The molecule has 0 amide bonds. The first-order valence-electron chi connectivity index (χ1n) is 8.41. The molecule has 2 aliphatic rings. The first kappa shape index (κ1) is 16.5. The second-order valence-corrected chi connectivity index (χ2v) is 6.72. The van der Waals surface area contributed by atoms with Crippen molar-refractivity contribution in [2.75, 3.05) is 11.9 Å². The number of hydrogen-bond acceptors (Lipinski definition) is 5. The average molecular weight is 330 g/mol. The van der Waals surface area contributed by atoms with Gasteiger partial charge in [0, 0.05) is 35.5 Å². The molecule has 1 aromatic carbocycles. The summed E-state index contributed by atoms with van der Waals surface area (Å²) in [6.07, 6.45) is 9.17. The maximum Gasteiger partial charge on any atom is 0.330 e. The molecule has 0 radical (unpaired) electrons. The second-order valence-electron chi connectivity index (χ2n) is 6.72. The van der Waals surface area contributed by atoms with E-state index in [9.17, 15) is 14.9 Å². The standard InChI is InChI=1S/C18H22N2O4/c1-2-24-17(21)7-4-13-10-15(20(22)23)5-6-16(13)19-14-11-18(12-14)8-3-9-18/h4-7,10,14,19H,2-3,8-9,11-12H2,1H3/b7-4+. The highest BCUT2D eigenvalue weighted by Crippen LogP contribution is 2.56. The van der Waals surface area contributed by atoms with E-state index in [-0.39, 0.29) is 5.69 Å². The molecule has 2 aliphatic carbocycles. The number of benzene rings is 1. The number of esters is 1. The Morgan fingerprint density at radius 1 is 1.46 bits per heavy atom. The molecule has 0 heterocycles. The first-order valence-corrected chi connectivity index (χ1v) is 8.41. The van der Waals surface area contributed by atoms with Gasteiger partial charge in [0.15, 0.2) is 0 Å². The van der Waals surface area contributed by atoms with Crippen LogP contribution in [0.1, 0.15) is 44.6 Å². The lowest BCUT2D eigenvalue weighted by Gasteiger charge is -2.54. The van der Waals surface area contributed by atoms with Gasteiger partial charge >= 0.3 is 5.97 Å². The van der Waals surface area contributed by atoms with Gasteiger partial charge in [-0.25, -0.2) is 4.79 Å². The maximum absolute atomic E-state index is 11.5. The number of carbonyl (C=O) groups is 1. The van der Waals surface area contributed by atoms with Crippen molar-refractivity contribution in [1.82, 2.24) is 0 Å². The molecule has 6 heteroatoms. The van der Waals surface area contributed by atoms with Crippen molar-refractivity contribution in [3.63, 3.8) is 0 Å². The van der Waals surface area contributed by atoms with Gasteiger partial charge in [0.25, 0.3) is 5.69 Å². The van der Waals surface area contributed by atoms with Crippen LogP contribution in [0.3, 0.4) is 0 Å². The van der Waals surface area contributed by atoms with Gasteiger partial charge < -0.3 is 10.1 Å². The van der Waals surface area contributed by atoms with E-state index in [4.69, 9.17) is 4.74 Å². The summed E-state index contributed by atoms with van der Waals surface area (Å²) in [5, 5.41) is 14.5. The van der Waals surface area contributed by atoms with Crippen LogP contribution in [-0.4, -0.2) is 23.5 Å². The van der Waals surface area contributed by atoms with Crippen molar-refractivity contribution >= 4 is 23.4 Å². The fourth-order valence-corrected chi connectivity index (χ4v) is 3.67. The summed E-state index contributed by atoms with van der Waals surface area (Å²) in [5.41, 5.74) is 2.01. The predicted molar refractivity (Wildman–Crippen MR) is 91.7 cm³/mol. The Kier molecular flexibility index (Phi) is 4.55. The zero-order valence-electron chi connectivity index (χ0n) is 13.8. The van der Waals surface area contributed by atoms with Crippen LogP contribution in [0.2, 0.25) is 0 Å². The Bertz CT molecular complexity index is 672. The van der Waals surface area contributed by atoms with E-state index >= 15 is 0 Å². The smallest absolute Gasteiger partial charge is 0.330 e. The number of nitrogens with one attached hydrogen (secondary N) is 1. The Labute approximate surface area is 141 Å². The van der Waals surface area contributed by atoms with Gasteiger partial charge in [-0.3, -0.25) is 10.1 Å². The van der Waals surface area contributed by atoms with Crippen molar-refractivity contribution in [2.24, 2.45) is 5.41 Å². The number of nitro benzene ring substituents is 1. The number of hydrogen-bond donors (Lipinski definition) is 1. The second kappa shape index (κ2) is 6.63. The van der Waals surface area contributed by atoms with Gasteiger partial charge in [0.05, 0.1) is 11.5 Å². The topological polar surface area (TPSA) is 81.5 Å². The number of anilines is 1. The Morgan fingerprint density at radius 3 is 2.79 bits per heavy atom. The minimum atomic E-state index is -0.452. The van der Waals surface area contributed by atoms with Crippen molar-refractivity contribution in [1.29, 1.82) is 0 Å². The monoisotopic (exact) mass is 330 g/mol. The summed E-state index contributed by atoms with van der Waals surface area (Å²) in [5.74, 6) is -0.452. The van der Waals surface area contributed by atoms with Crippen LogP contribution in [-0.2, 0) is 9.53 Å². The van der Waals surface area contributed by atoms with E-state index in [1.54, 1.807) is 19.1 Å². The fraction of sp³-hybridized carbons (Fsp3) is 0.500. The van der Waals surface area contributed by atoms with Gasteiger partial charge in [-0.1, -0.05) is 6.42 Å². The Hall–Kier alpha value is -2.37. The lowest BCUT2D eigenvalue weighted by molar-refractivity contribution is -0.384. The molecule has 2 fully saturated rings. The molecule has 128 valence electrons. The van der Waals surface area contributed by atoms with Crippen molar-refractivity contribution < 1.29 is 14.5 Å². The molecule has 0 unspecified atom stereocenters. The highest BCUT2D eigenvalue weighted by atomic mass is 16.6. The highest BCUT2D eigenvalue weighted by molar-refractivity contribution is 5.88. The van der Waals surface area contributed by atoms with E-state index in [1.807, 2.05) is 0 Å². The Balaban J connectivity index is 1.74. The lowest BCUT2D eigenvalue weighted by Crippen LogP contribution is -2.49. The third-order valence-corrected chi connectivity index (χ3v) is 5.06. The molecule has 1 spiro atoms. The summed E-state index contributed by atoms with van der Waals surface area (Å²) in [4.78, 5) is 22.1. The fourth-order valence-electron chi connectivity index (χ4n) is 3.67. The molecular formula is C18H22N2O4. The SMILES string of the molecule is CCOC(=O)/C=C/c1cc([N+](=O)[O-])ccc1NC1CC2(CCC2)C1. The van der Waals surface area contributed by atoms with Crippen molar-refractivity contribution in [2.45, 2.75) is 45.1 Å². The molecule has 1 aromatic rings. The summed E-state index contributed by atoms with van der Waals surface area (Å²) in [6.45, 7) is 2.03. The normalized spacial score (nSPS) is 18.9. The van der Waals surface area contributed by atoms with Crippen LogP contribution in [0.4, 0.5) is 11.4 Å². The Morgan fingerprint density at radius 2 is 2.21 bits per heavy atom. The molecular weight excluding hydrogens is 308 g/mol. The molecule has 0 aliphatic heterocycles. The molecule has 0 aromatic heterocycles. The van der Waals surface area contributed by atoms with Crippen LogP contribution in [0.5, 0.6) is 0 Å². The van der Waals surface area contributed by atoms with Crippen LogP contribution in [0, 0.1) is 15.5 Å². The minimum absolute atomic E-state index is 0.00753. The lowest BCUT2D eigenvalue weighted by atomic mass is 9.54. The minimum Gasteiger partial charge on any atom is -0.463 e. The number of carbonyl (C=O) groups excluding carboxylic acids is 1. The van der Waals surface area contributed by atoms with Crippen molar-refractivity contribution in [3.05, 3.63) is 40.0 Å². The van der Waals surface area contributed by atoms with E-state index < -0.39 is 10.9 Å². The molecule has 6 nitrogen and oxygen atoms in total. The van der Waals surface area contributed by atoms with Gasteiger partial charge in [-0.15, -0.1) is 0 Å². The first-order chi connectivity index (χ1) is 11.5. The molecule has 24 heavy (non-hydrogen) atoms. The summed E-state index contributed by atoms with van der Waals surface area (Å²) in [7, 11) is 0. The summed E-state index contributed by atoms with van der Waals surface area (Å²) in [6, 6.07) is 5.09. The molecule has 0 atom stereocenters. The van der Waals surface area contributed by atoms with Crippen LogP contribution < -0.4 is 5.32 Å². The molecule has 2 saturated carbocycles. The van der Waals surface area contributed by atoms with Crippen LogP contribution in [0.15, 0.2) is 24.3 Å². The zero-order valence-corrected chi connectivity index (χ0v) is 13.8. The number of rotatable bonds is 6. The highest BCUT2D eigenvalue weighted by Gasteiger charge is 2.48. The largest absolute Gasteiger partial charge is 0.463 e. The van der Waals surface area contributed by atoms with E-state index in [1.165, 1.54) is 37.5 Å². The molecule has 1 N–H and O–H groups in total. The average Bonchev–Trinajstić information content (AvgIpc) is 2.47. The molecule has 0 saturated heterocycles. The quantitative estimate of drug-likeness (QED) is 0.370. The van der Waals surface area contributed by atoms with Crippen LogP contribution in [0.25, 0.3) is 6.08 Å². The predicted octanol–water partition coefficient (Wildman–Crippen LogP) is 3.92. The van der Waals surface area contributed by atoms with Gasteiger partial charge in [0.1, 0.15) is 0 Å². The van der Waals surface area contributed by atoms with E-state index in [0.717, 1.165) is 18.5 Å². The third kappa shape index (κ3) is 3.42. The number of non-ortho nitro benzene ring substituents is 1. The number of nitrogens with zero attached hydrogens (tertiary/aromatic N) is 1. The van der Waals surface area contributed by atoms with Crippen molar-refractivity contribution in [3.8, 4) is 0 Å². The molecule has 0 bridgehead atoms. The third-order valence-electron chi connectivity index (χ3n) is 5.06. The van der Waals surface area contributed by atoms with Gasteiger partial charge in [0.2, 0.25) is 0 Å². The van der Waals surface area contributed by atoms with E-state index in [0.29, 0.717) is 23.6 Å². The van der Waals surface area contributed by atoms with Crippen LogP contribution >= 0.6 is 0 Å². The zero-order chi connectivity index (χ0) is 17.2. The summed E-state index contributed by atoms with van der Waals surface area (Å²) < 4.78 is 4.86. The molecule has 3 rings (SSSR count). The van der Waals surface area contributed by atoms with Gasteiger partial charge in [-0.2, -0.15) is 0 Å². The van der Waals surface area contributed by atoms with E-state index in [2.05, 4.69) is 5.32 Å². The summed E-state index contributed by atoms with van der Waals surface area (Å²) >= 11 is 0. The maximum atomic E-state index is 11.5. The number of ether oxygens (including phenoxy) is 1.